The number of fused-ring (bicyclic) bond motifs is 1. The predicted octanol–water partition coefficient (Wildman–Crippen LogP) is 5.72. The molecule has 0 amide bonds. The lowest BCUT2D eigenvalue weighted by molar-refractivity contribution is 0.363. The van der Waals surface area contributed by atoms with Crippen LogP contribution >= 0.6 is 0 Å². The molecule has 2 heterocycles. The van der Waals surface area contributed by atoms with Gasteiger partial charge in [0.25, 0.3) is 0 Å². The quantitative estimate of drug-likeness (QED) is 0.381. The fourth-order valence-electron chi connectivity index (χ4n) is 3.54. The van der Waals surface area contributed by atoms with Crippen molar-refractivity contribution < 1.29 is 9.84 Å². The topological polar surface area (TPSA) is 67.3 Å². The number of hydrogen-bond donors (Lipinski definition) is 2. The van der Waals surface area contributed by atoms with Crippen molar-refractivity contribution in [3.05, 3.63) is 102 Å². The molecular formula is C26H25N3O2. The molecule has 0 saturated carbocycles. The fourth-order valence-corrected chi connectivity index (χ4v) is 3.54. The number of nitrogens with one attached hydrogen (secondary N) is 1. The number of aromatic hydroxyl groups is 1. The van der Waals surface area contributed by atoms with Crippen LogP contribution in [0.15, 0.2) is 79.4 Å². The lowest BCUT2D eigenvalue weighted by Gasteiger charge is -2.22. The molecule has 4 rings (SSSR count). The number of phenols is 1. The maximum atomic E-state index is 11.2. The number of phenolic OH excluding ortho intramolecular Hbond substituents is 1. The maximum absolute atomic E-state index is 11.2. The van der Waals surface area contributed by atoms with Crippen LogP contribution in [-0.4, -0.2) is 21.7 Å². The highest BCUT2D eigenvalue weighted by Crippen LogP contribution is 2.37. The standard InChI is InChI=1S/C26H25N3O2/c1-4-16-31-21-13-10-19(11-14-21)24(29-23-7-5-6-17(2)27-23)22-15-12-20-9-8-18(3)28-25(20)26(22)30/h4-15,24,30H,1,16H2,2-3H3,(H,27,29). The molecule has 0 bridgehead atoms. The van der Waals surface area contributed by atoms with Gasteiger partial charge in [-0.3, -0.25) is 0 Å². The van der Waals surface area contributed by atoms with Crippen molar-refractivity contribution in [2.24, 2.45) is 0 Å². The van der Waals surface area contributed by atoms with Crippen molar-refractivity contribution in [2.75, 3.05) is 11.9 Å². The number of benzene rings is 2. The van der Waals surface area contributed by atoms with Gasteiger partial charge in [-0.2, -0.15) is 0 Å². The van der Waals surface area contributed by atoms with Crippen LogP contribution in [-0.2, 0) is 0 Å². The molecule has 5 nitrogen and oxygen atoms in total. The number of aryl methyl sites for hydroxylation is 2. The molecule has 0 aliphatic carbocycles. The van der Waals surface area contributed by atoms with Gasteiger partial charge in [-0.25, -0.2) is 9.97 Å². The number of rotatable bonds is 7. The second-order valence-corrected chi connectivity index (χ2v) is 7.44. The number of aromatic nitrogens is 2. The highest BCUT2D eigenvalue weighted by molar-refractivity contribution is 5.86. The molecule has 2 N–H and O–H groups in total. The molecule has 2 aromatic heterocycles. The number of anilines is 1. The number of nitrogens with zero attached hydrogens (tertiary/aromatic N) is 2. The second-order valence-electron chi connectivity index (χ2n) is 7.44. The van der Waals surface area contributed by atoms with E-state index in [4.69, 9.17) is 4.74 Å². The van der Waals surface area contributed by atoms with E-state index < -0.39 is 0 Å². The van der Waals surface area contributed by atoms with Crippen molar-refractivity contribution in [1.29, 1.82) is 0 Å². The first-order valence-electron chi connectivity index (χ1n) is 10.2. The zero-order valence-corrected chi connectivity index (χ0v) is 17.7. The third-order valence-corrected chi connectivity index (χ3v) is 5.08. The highest BCUT2D eigenvalue weighted by Gasteiger charge is 2.21. The molecule has 0 aliphatic heterocycles. The van der Waals surface area contributed by atoms with Crippen LogP contribution in [0.25, 0.3) is 10.9 Å². The van der Waals surface area contributed by atoms with Gasteiger partial charge in [-0.1, -0.05) is 49.1 Å². The van der Waals surface area contributed by atoms with Gasteiger partial charge in [0, 0.05) is 22.3 Å². The Balaban J connectivity index is 1.79. The summed E-state index contributed by atoms with van der Waals surface area (Å²) in [5, 5.41) is 15.5. The zero-order valence-electron chi connectivity index (χ0n) is 17.7. The minimum atomic E-state index is -0.325. The minimum absolute atomic E-state index is 0.165. The SMILES string of the molecule is C=CCOc1ccc(C(Nc2cccc(C)n2)c2ccc3ccc(C)nc3c2O)cc1. The van der Waals surface area contributed by atoms with Crippen LogP contribution in [0.4, 0.5) is 5.82 Å². The molecule has 0 spiro atoms. The van der Waals surface area contributed by atoms with Gasteiger partial charge in [0.1, 0.15) is 29.4 Å². The van der Waals surface area contributed by atoms with Crippen molar-refractivity contribution in [3.8, 4) is 11.5 Å². The summed E-state index contributed by atoms with van der Waals surface area (Å²) in [4.78, 5) is 9.14. The van der Waals surface area contributed by atoms with Gasteiger partial charge >= 0.3 is 0 Å². The summed E-state index contributed by atoms with van der Waals surface area (Å²) in [6.45, 7) is 8.00. The van der Waals surface area contributed by atoms with E-state index in [-0.39, 0.29) is 11.8 Å². The summed E-state index contributed by atoms with van der Waals surface area (Å²) >= 11 is 0. The summed E-state index contributed by atoms with van der Waals surface area (Å²) in [5.74, 6) is 1.66. The first-order valence-corrected chi connectivity index (χ1v) is 10.2. The molecule has 4 aromatic rings. The molecule has 31 heavy (non-hydrogen) atoms. The Morgan fingerprint density at radius 3 is 2.45 bits per heavy atom. The van der Waals surface area contributed by atoms with E-state index in [9.17, 15) is 5.11 Å². The summed E-state index contributed by atoms with van der Waals surface area (Å²) in [6, 6.07) is 21.1. The zero-order chi connectivity index (χ0) is 21.8. The largest absolute Gasteiger partial charge is 0.505 e. The van der Waals surface area contributed by atoms with Crippen molar-refractivity contribution in [2.45, 2.75) is 19.9 Å². The summed E-state index contributed by atoms with van der Waals surface area (Å²) in [6.07, 6.45) is 1.71. The molecule has 0 fully saturated rings. The molecule has 0 aliphatic rings. The molecule has 1 atom stereocenters. The Labute approximate surface area is 182 Å². The molecular weight excluding hydrogens is 386 g/mol. The second kappa shape index (κ2) is 8.88. The normalized spacial score (nSPS) is 11.8. The first-order chi connectivity index (χ1) is 15.0. The van der Waals surface area contributed by atoms with Crippen LogP contribution in [0.3, 0.4) is 0 Å². The summed E-state index contributed by atoms with van der Waals surface area (Å²) in [5.41, 5.74) is 4.06. The number of pyridine rings is 2. The Morgan fingerprint density at radius 2 is 1.71 bits per heavy atom. The third-order valence-electron chi connectivity index (χ3n) is 5.08. The Hall–Kier alpha value is -3.86. The molecule has 5 heteroatoms. The van der Waals surface area contributed by atoms with Gasteiger partial charge in [0.15, 0.2) is 0 Å². The van der Waals surface area contributed by atoms with Gasteiger partial charge in [0.05, 0.1) is 6.04 Å². The van der Waals surface area contributed by atoms with Crippen molar-refractivity contribution in [3.63, 3.8) is 0 Å². The van der Waals surface area contributed by atoms with Crippen molar-refractivity contribution >= 4 is 16.7 Å². The monoisotopic (exact) mass is 411 g/mol. The lowest BCUT2D eigenvalue weighted by Crippen LogP contribution is -2.14. The van der Waals surface area contributed by atoms with E-state index >= 15 is 0 Å². The maximum Gasteiger partial charge on any atom is 0.147 e. The van der Waals surface area contributed by atoms with Crippen LogP contribution in [0.5, 0.6) is 11.5 Å². The lowest BCUT2D eigenvalue weighted by atomic mass is 9.96. The summed E-state index contributed by atoms with van der Waals surface area (Å²) in [7, 11) is 0. The van der Waals surface area contributed by atoms with Crippen molar-refractivity contribution in [1.82, 2.24) is 9.97 Å². The summed E-state index contributed by atoms with van der Waals surface area (Å²) < 4.78 is 5.61. The minimum Gasteiger partial charge on any atom is -0.505 e. The molecule has 0 radical (unpaired) electrons. The van der Waals surface area contributed by atoms with E-state index in [1.807, 2.05) is 80.6 Å². The van der Waals surface area contributed by atoms with Gasteiger partial charge in [0.2, 0.25) is 0 Å². The van der Waals surface area contributed by atoms with E-state index in [0.29, 0.717) is 12.1 Å². The highest BCUT2D eigenvalue weighted by atomic mass is 16.5. The van der Waals surface area contributed by atoms with Gasteiger partial charge in [-0.05, 0) is 49.7 Å². The van der Waals surface area contributed by atoms with Gasteiger partial charge < -0.3 is 15.2 Å². The van der Waals surface area contributed by atoms with Crippen LogP contribution < -0.4 is 10.1 Å². The Bertz CT molecular complexity index is 1220. The van der Waals surface area contributed by atoms with Crippen LogP contribution in [0.1, 0.15) is 28.6 Å². The number of ether oxygens (including phenoxy) is 1. The molecule has 0 saturated heterocycles. The molecule has 2 aromatic carbocycles. The smallest absolute Gasteiger partial charge is 0.147 e. The average molecular weight is 412 g/mol. The van der Waals surface area contributed by atoms with Crippen LogP contribution in [0.2, 0.25) is 0 Å². The molecule has 1 unspecified atom stereocenters. The van der Waals surface area contributed by atoms with E-state index in [1.165, 1.54) is 0 Å². The van der Waals surface area contributed by atoms with Crippen LogP contribution in [0, 0.1) is 13.8 Å². The number of hydrogen-bond acceptors (Lipinski definition) is 5. The predicted molar refractivity (Wildman–Crippen MR) is 125 cm³/mol. The van der Waals surface area contributed by atoms with E-state index in [2.05, 4.69) is 21.9 Å². The first kappa shape index (κ1) is 20.4. The van der Waals surface area contributed by atoms with Gasteiger partial charge in [-0.15, -0.1) is 0 Å². The van der Waals surface area contributed by atoms with E-state index in [1.54, 1.807) is 6.08 Å². The fraction of sp³-hybridized carbons (Fsp3) is 0.154. The Kier molecular flexibility index (Phi) is 5.85. The average Bonchev–Trinajstić information content (AvgIpc) is 2.77. The third kappa shape index (κ3) is 4.51. The molecule has 156 valence electrons. The Morgan fingerprint density at radius 1 is 0.968 bits per heavy atom. The van der Waals surface area contributed by atoms with E-state index in [0.717, 1.165) is 39.5 Å².